The van der Waals surface area contributed by atoms with Gasteiger partial charge in [-0.3, -0.25) is 13.9 Å². The first-order valence-corrected chi connectivity index (χ1v) is 14.5. The molecule has 38 heavy (non-hydrogen) atoms. The number of imidazole rings is 1. The number of benzene rings is 1. The second-order valence-electron chi connectivity index (χ2n) is 9.82. The second kappa shape index (κ2) is 11.8. The number of nitrogens with one attached hydrogen (secondary N) is 2. The van der Waals surface area contributed by atoms with Crippen LogP contribution in [0.25, 0.3) is 11.2 Å². The van der Waals surface area contributed by atoms with Gasteiger partial charge in [-0.25, -0.2) is 10.1 Å². The van der Waals surface area contributed by atoms with Crippen LogP contribution in [0.4, 0.5) is 11.8 Å². The molecule has 0 spiro atoms. The first-order chi connectivity index (χ1) is 18.1. The summed E-state index contributed by atoms with van der Waals surface area (Å²) in [6.07, 6.45) is 1.46. The lowest BCUT2D eigenvalue weighted by Gasteiger charge is -2.25. The van der Waals surface area contributed by atoms with E-state index in [0.717, 1.165) is 5.56 Å². The third kappa shape index (κ3) is 6.50. The molecule has 2 unspecified atom stereocenters. The summed E-state index contributed by atoms with van der Waals surface area (Å²) < 4.78 is 33.4. The summed E-state index contributed by atoms with van der Waals surface area (Å²) in [5.74, 6) is 0.274. The fraction of sp³-hybridized carbons (Fsp3) is 0.520. The van der Waals surface area contributed by atoms with Gasteiger partial charge in [-0.15, -0.1) is 0 Å². The van der Waals surface area contributed by atoms with Crippen LogP contribution in [0.3, 0.4) is 0 Å². The van der Waals surface area contributed by atoms with Crippen LogP contribution in [0, 0.1) is 5.92 Å². The Morgan fingerprint density at radius 2 is 2.00 bits per heavy atom. The maximum atomic E-state index is 14.0. The number of carbonyl (C=O) groups excluding carboxylic acids is 1. The number of nitrogen functional groups attached to an aromatic ring is 1. The molecule has 1 aliphatic heterocycles. The van der Waals surface area contributed by atoms with Crippen molar-refractivity contribution in [1.82, 2.24) is 24.6 Å². The number of nitrogens with zero attached hydrogens (tertiary/aromatic N) is 4. The molecular formula is C25H36N7O5P. The molecule has 206 valence electrons. The fourth-order valence-electron chi connectivity index (χ4n) is 4.50. The summed E-state index contributed by atoms with van der Waals surface area (Å²) in [7, 11) is -1.75. The summed E-state index contributed by atoms with van der Waals surface area (Å²) in [5, 5.41) is 5.90. The number of hydrogen-bond acceptors (Lipinski definition) is 10. The van der Waals surface area contributed by atoms with Crippen LogP contribution in [0.5, 0.6) is 0 Å². The van der Waals surface area contributed by atoms with Crippen molar-refractivity contribution in [3.8, 4) is 0 Å². The highest BCUT2D eigenvalue weighted by Gasteiger charge is 2.37. The van der Waals surface area contributed by atoms with E-state index in [1.165, 1.54) is 0 Å². The Hall–Kier alpha value is -3.05. The first-order valence-electron chi connectivity index (χ1n) is 12.7. The Balaban J connectivity index is 1.48. The van der Waals surface area contributed by atoms with E-state index in [0.29, 0.717) is 23.4 Å². The summed E-state index contributed by atoms with van der Waals surface area (Å²) >= 11 is 0. The summed E-state index contributed by atoms with van der Waals surface area (Å²) in [5.41, 5.74) is 7.89. The summed E-state index contributed by atoms with van der Waals surface area (Å²) in [4.78, 5) is 25.4. The standard InChI is InChI=1S/C25H36N7O5P/c1-15(2)36-24(33)17(4)31-38(34,13-18-9-7-6-8-10-18)35-12-19-11-16(3)23(37-19)32-14-28-20-21(27-5)29-25(26)30-22(20)32/h6-10,14-17,19,23H,11-13H2,1-5H3,(H,31,34)(H3,26,27,29,30)/t16-,17?,19-,23+,38?/m0/s1. The van der Waals surface area contributed by atoms with Gasteiger partial charge in [0.05, 0.1) is 31.3 Å². The molecule has 1 saturated heterocycles. The fourth-order valence-corrected chi connectivity index (χ4v) is 6.55. The van der Waals surface area contributed by atoms with E-state index < -0.39 is 19.5 Å². The average molecular weight is 546 g/mol. The number of esters is 1. The molecule has 13 heteroatoms. The molecule has 2 aromatic heterocycles. The molecule has 0 aliphatic carbocycles. The highest BCUT2D eigenvalue weighted by Crippen LogP contribution is 2.48. The van der Waals surface area contributed by atoms with E-state index in [4.69, 9.17) is 19.7 Å². The number of ether oxygens (including phenoxy) is 2. The molecule has 1 aromatic carbocycles. The van der Waals surface area contributed by atoms with Gasteiger partial charge in [0.1, 0.15) is 12.3 Å². The van der Waals surface area contributed by atoms with Gasteiger partial charge in [-0.1, -0.05) is 37.3 Å². The van der Waals surface area contributed by atoms with Crippen molar-refractivity contribution in [2.75, 3.05) is 24.7 Å². The molecule has 3 aromatic rings. The number of anilines is 2. The van der Waals surface area contributed by atoms with Gasteiger partial charge < -0.3 is 25.0 Å². The molecule has 4 N–H and O–H groups in total. The van der Waals surface area contributed by atoms with Crippen molar-refractivity contribution in [3.05, 3.63) is 42.2 Å². The SMILES string of the molecule is CNc1nc(N)nc2c1ncn2[C@@H]1O[C@H](COP(=O)(Cc2ccccc2)NC(C)C(=O)OC(C)C)C[C@@H]1C. The summed E-state index contributed by atoms with van der Waals surface area (Å²) in [6.45, 7) is 7.29. The molecule has 5 atom stereocenters. The molecule has 4 rings (SSSR count). The molecule has 0 radical (unpaired) electrons. The number of hydrogen-bond donors (Lipinski definition) is 3. The Morgan fingerprint density at radius 1 is 1.26 bits per heavy atom. The van der Waals surface area contributed by atoms with Crippen LogP contribution < -0.4 is 16.1 Å². The molecule has 0 bridgehead atoms. The van der Waals surface area contributed by atoms with Gasteiger partial charge >= 0.3 is 5.97 Å². The van der Waals surface area contributed by atoms with Crippen molar-refractivity contribution in [2.45, 2.75) is 64.8 Å². The minimum absolute atomic E-state index is 0.0788. The molecule has 12 nitrogen and oxygen atoms in total. The topological polar surface area (TPSA) is 156 Å². The number of aromatic nitrogens is 4. The van der Waals surface area contributed by atoms with Crippen LogP contribution in [-0.2, 0) is 29.5 Å². The van der Waals surface area contributed by atoms with Crippen molar-refractivity contribution in [1.29, 1.82) is 0 Å². The smallest absolute Gasteiger partial charge is 0.323 e. The number of carbonyl (C=O) groups is 1. The number of fused-ring (bicyclic) bond motifs is 1. The highest BCUT2D eigenvalue weighted by atomic mass is 31.2. The predicted octanol–water partition coefficient (Wildman–Crippen LogP) is 3.71. The van der Waals surface area contributed by atoms with Crippen LogP contribution in [0.2, 0.25) is 0 Å². The number of nitrogens with two attached hydrogens (primary N) is 1. The average Bonchev–Trinajstić information content (AvgIpc) is 3.45. The zero-order valence-electron chi connectivity index (χ0n) is 22.3. The molecule has 1 fully saturated rings. The predicted molar refractivity (Wildman–Crippen MR) is 145 cm³/mol. The zero-order chi connectivity index (χ0) is 27.4. The largest absolute Gasteiger partial charge is 0.462 e. The maximum absolute atomic E-state index is 14.0. The van der Waals surface area contributed by atoms with E-state index in [-0.39, 0.29) is 43.1 Å². The molecule has 0 amide bonds. The Morgan fingerprint density at radius 3 is 2.68 bits per heavy atom. The van der Waals surface area contributed by atoms with Gasteiger partial charge in [0.15, 0.2) is 17.0 Å². The minimum atomic E-state index is -3.50. The lowest BCUT2D eigenvalue weighted by atomic mass is 10.1. The molecule has 1 aliphatic rings. The van der Waals surface area contributed by atoms with E-state index >= 15 is 0 Å². The third-order valence-electron chi connectivity index (χ3n) is 6.20. The molecule has 3 heterocycles. The van der Waals surface area contributed by atoms with Crippen LogP contribution in [0.15, 0.2) is 36.7 Å². The number of rotatable bonds is 11. The quantitative estimate of drug-likeness (QED) is 0.238. The van der Waals surface area contributed by atoms with Crippen molar-refractivity contribution >= 4 is 36.4 Å². The monoisotopic (exact) mass is 545 g/mol. The Kier molecular flexibility index (Phi) is 8.67. The van der Waals surface area contributed by atoms with Gasteiger partial charge in [0.25, 0.3) is 7.52 Å². The van der Waals surface area contributed by atoms with Gasteiger partial charge in [-0.05, 0) is 32.8 Å². The van der Waals surface area contributed by atoms with E-state index in [9.17, 15) is 9.36 Å². The minimum Gasteiger partial charge on any atom is -0.462 e. The van der Waals surface area contributed by atoms with Crippen molar-refractivity contribution in [2.24, 2.45) is 5.92 Å². The van der Waals surface area contributed by atoms with Gasteiger partial charge in [0.2, 0.25) is 5.95 Å². The lowest BCUT2D eigenvalue weighted by molar-refractivity contribution is -0.149. The van der Waals surface area contributed by atoms with E-state index in [1.54, 1.807) is 34.1 Å². The van der Waals surface area contributed by atoms with E-state index in [2.05, 4.69) is 32.3 Å². The van der Waals surface area contributed by atoms with E-state index in [1.807, 2.05) is 34.9 Å². The second-order valence-corrected chi connectivity index (χ2v) is 12.0. The van der Waals surface area contributed by atoms with Gasteiger partial charge in [-0.2, -0.15) is 9.97 Å². The zero-order valence-corrected chi connectivity index (χ0v) is 23.2. The van der Waals surface area contributed by atoms with Crippen LogP contribution >= 0.6 is 7.52 Å². The highest BCUT2D eigenvalue weighted by molar-refractivity contribution is 7.56. The third-order valence-corrected chi connectivity index (χ3v) is 8.33. The van der Waals surface area contributed by atoms with Crippen molar-refractivity contribution in [3.63, 3.8) is 0 Å². The first kappa shape index (κ1) is 28.0. The van der Waals surface area contributed by atoms with Crippen LogP contribution in [0.1, 0.15) is 45.9 Å². The Labute approximate surface area is 222 Å². The summed E-state index contributed by atoms with van der Waals surface area (Å²) in [6, 6.07) is 8.55. The van der Waals surface area contributed by atoms with Crippen molar-refractivity contribution < 1.29 is 23.4 Å². The van der Waals surface area contributed by atoms with Crippen LogP contribution in [-0.4, -0.2) is 57.4 Å². The van der Waals surface area contributed by atoms with Gasteiger partial charge in [0, 0.05) is 13.0 Å². The molecule has 0 saturated carbocycles. The maximum Gasteiger partial charge on any atom is 0.323 e. The lowest BCUT2D eigenvalue weighted by Crippen LogP contribution is -2.36. The molecular weight excluding hydrogens is 509 g/mol. The Bertz CT molecular complexity index is 1300. The normalized spacial score (nSPS) is 21.9.